The van der Waals surface area contributed by atoms with Crippen LogP contribution in [0.25, 0.3) is 0 Å². The minimum Gasteiger partial charge on any atom is -0.507 e. The molecule has 1 aromatic carbocycles. The molecule has 0 saturated carbocycles. The van der Waals surface area contributed by atoms with Crippen molar-refractivity contribution in [1.29, 1.82) is 0 Å². The number of hydrogen-bond acceptors (Lipinski definition) is 3. The summed E-state index contributed by atoms with van der Waals surface area (Å²) >= 11 is 0. The average Bonchev–Trinajstić information content (AvgIpc) is 2.09. The van der Waals surface area contributed by atoms with Crippen molar-refractivity contribution < 1.29 is 9.84 Å². The summed E-state index contributed by atoms with van der Waals surface area (Å²) in [5.74, 6) is 0.990. The lowest BCUT2D eigenvalue weighted by atomic mass is 10.1. The highest BCUT2D eigenvalue weighted by Crippen LogP contribution is 2.26. The van der Waals surface area contributed by atoms with Crippen molar-refractivity contribution in [2.24, 2.45) is 5.73 Å². The number of aromatic hydroxyl groups is 1. The van der Waals surface area contributed by atoms with Crippen LogP contribution in [0.1, 0.15) is 11.1 Å². The van der Waals surface area contributed by atoms with Crippen LogP contribution in [0.4, 0.5) is 0 Å². The first-order valence-corrected chi connectivity index (χ1v) is 3.75. The number of phenolic OH excluding ortho intramolecular Hbond substituents is 1. The number of aryl methyl sites for hydroxylation is 1. The average molecular weight is 167 g/mol. The van der Waals surface area contributed by atoms with Gasteiger partial charge in [0, 0.05) is 12.1 Å². The monoisotopic (exact) mass is 167 g/mol. The Morgan fingerprint density at radius 3 is 2.67 bits per heavy atom. The van der Waals surface area contributed by atoms with E-state index in [-0.39, 0.29) is 5.75 Å². The van der Waals surface area contributed by atoms with Gasteiger partial charge in [-0.15, -0.1) is 0 Å². The van der Waals surface area contributed by atoms with E-state index in [4.69, 9.17) is 10.5 Å². The lowest BCUT2D eigenvalue weighted by molar-refractivity contribution is 0.409. The zero-order chi connectivity index (χ0) is 9.14. The molecule has 0 aliphatic rings. The second-order valence-electron chi connectivity index (χ2n) is 2.66. The standard InChI is InChI=1S/C9H13NO2/c1-6-3-8(12-2)4-7(5-10)9(6)11/h3-4,11H,5,10H2,1-2H3. The van der Waals surface area contributed by atoms with E-state index in [1.807, 2.05) is 6.92 Å². The summed E-state index contributed by atoms with van der Waals surface area (Å²) < 4.78 is 5.03. The fourth-order valence-electron chi connectivity index (χ4n) is 1.09. The SMILES string of the molecule is COc1cc(C)c(O)c(CN)c1. The third-order valence-corrected chi connectivity index (χ3v) is 1.81. The first-order valence-electron chi connectivity index (χ1n) is 3.75. The van der Waals surface area contributed by atoms with E-state index >= 15 is 0 Å². The number of rotatable bonds is 2. The van der Waals surface area contributed by atoms with Crippen molar-refractivity contribution in [2.45, 2.75) is 13.5 Å². The van der Waals surface area contributed by atoms with Crippen molar-refractivity contribution in [2.75, 3.05) is 7.11 Å². The molecule has 3 heteroatoms. The van der Waals surface area contributed by atoms with E-state index in [2.05, 4.69) is 0 Å². The molecule has 3 nitrogen and oxygen atoms in total. The number of benzene rings is 1. The molecule has 66 valence electrons. The van der Waals surface area contributed by atoms with E-state index < -0.39 is 0 Å². The van der Waals surface area contributed by atoms with Gasteiger partial charge in [-0.2, -0.15) is 0 Å². The van der Waals surface area contributed by atoms with Crippen LogP contribution in [-0.4, -0.2) is 12.2 Å². The quantitative estimate of drug-likeness (QED) is 0.695. The van der Waals surface area contributed by atoms with Gasteiger partial charge in [0.2, 0.25) is 0 Å². The molecular formula is C9H13NO2. The highest BCUT2D eigenvalue weighted by molar-refractivity contribution is 5.45. The van der Waals surface area contributed by atoms with Crippen molar-refractivity contribution in [1.82, 2.24) is 0 Å². The van der Waals surface area contributed by atoms with Crippen molar-refractivity contribution in [3.8, 4) is 11.5 Å². The zero-order valence-corrected chi connectivity index (χ0v) is 7.29. The molecule has 0 radical (unpaired) electrons. The highest BCUT2D eigenvalue weighted by atomic mass is 16.5. The van der Waals surface area contributed by atoms with Gasteiger partial charge in [0.05, 0.1) is 7.11 Å². The summed E-state index contributed by atoms with van der Waals surface area (Å²) in [7, 11) is 1.59. The fraction of sp³-hybridized carbons (Fsp3) is 0.333. The Bertz CT molecular complexity index is 284. The second kappa shape index (κ2) is 3.45. The Balaban J connectivity index is 3.19. The first-order chi connectivity index (χ1) is 5.69. The molecule has 3 N–H and O–H groups in total. The topological polar surface area (TPSA) is 55.5 Å². The Morgan fingerprint density at radius 1 is 1.50 bits per heavy atom. The Kier molecular flexibility index (Phi) is 2.55. The van der Waals surface area contributed by atoms with Gasteiger partial charge in [-0.3, -0.25) is 0 Å². The molecule has 0 amide bonds. The predicted octanol–water partition coefficient (Wildman–Crippen LogP) is 1.17. The highest BCUT2D eigenvalue weighted by Gasteiger charge is 2.04. The molecule has 0 saturated heterocycles. The van der Waals surface area contributed by atoms with Gasteiger partial charge in [0.25, 0.3) is 0 Å². The molecule has 1 rings (SSSR count). The maximum atomic E-state index is 9.48. The van der Waals surface area contributed by atoms with Gasteiger partial charge in [-0.05, 0) is 24.6 Å². The molecule has 0 aromatic heterocycles. The lowest BCUT2D eigenvalue weighted by Gasteiger charge is -2.07. The molecule has 0 heterocycles. The Labute approximate surface area is 71.8 Å². The number of ether oxygens (including phenoxy) is 1. The van der Waals surface area contributed by atoms with Gasteiger partial charge >= 0.3 is 0 Å². The first kappa shape index (κ1) is 8.87. The Morgan fingerprint density at radius 2 is 2.17 bits per heavy atom. The molecule has 0 bridgehead atoms. The summed E-state index contributed by atoms with van der Waals surface area (Å²) in [4.78, 5) is 0. The zero-order valence-electron chi connectivity index (χ0n) is 7.29. The lowest BCUT2D eigenvalue weighted by Crippen LogP contribution is -1.98. The summed E-state index contributed by atoms with van der Waals surface area (Å²) in [6.45, 7) is 2.14. The van der Waals surface area contributed by atoms with Gasteiger partial charge in [0.15, 0.2) is 0 Å². The van der Waals surface area contributed by atoms with Crippen LogP contribution >= 0.6 is 0 Å². The van der Waals surface area contributed by atoms with Gasteiger partial charge < -0.3 is 15.6 Å². The van der Waals surface area contributed by atoms with Crippen LogP contribution in [0.3, 0.4) is 0 Å². The molecule has 0 unspecified atom stereocenters. The number of methoxy groups -OCH3 is 1. The summed E-state index contributed by atoms with van der Waals surface area (Å²) in [6, 6.07) is 3.51. The number of phenols is 1. The van der Waals surface area contributed by atoms with E-state index in [1.54, 1.807) is 19.2 Å². The molecule has 0 aliphatic heterocycles. The molecule has 0 aliphatic carbocycles. The molecule has 1 aromatic rings. The third kappa shape index (κ3) is 1.51. The number of hydrogen-bond donors (Lipinski definition) is 2. The molecule has 0 fully saturated rings. The minimum atomic E-state index is 0.262. The van der Waals surface area contributed by atoms with Crippen LogP contribution in [-0.2, 0) is 6.54 Å². The molecular weight excluding hydrogens is 154 g/mol. The van der Waals surface area contributed by atoms with Crippen LogP contribution in [0, 0.1) is 6.92 Å². The maximum absolute atomic E-state index is 9.48. The van der Waals surface area contributed by atoms with Gasteiger partial charge in [0.1, 0.15) is 11.5 Å². The molecule has 0 spiro atoms. The van der Waals surface area contributed by atoms with Crippen LogP contribution in [0.5, 0.6) is 11.5 Å². The summed E-state index contributed by atoms with van der Waals surface area (Å²) in [5, 5.41) is 9.48. The smallest absolute Gasteiger partial charge is 0.123 e. The minimum absolute atomic E-state index is 0.262. The molecule has 0 atom stereocenters. The van der Waals surface area contributed by atoms with Gasteiger partial charge in [-0.1, -0.05) is 0 Å². The van der Waals surface area contributed by atoms with Crippen molar-refractivity contribution in [3.05, 3.63) is 23.3 Å². The normalized spacial score (nSPS) is 9.92. The van der Waals surface area contributed by atoms with Crippen LogP contribution in [0.2, 0.25) is 0 Å². The van der Waals surface area contributed by atoms with Gasteiger partial charge in [-0.25, -0.2) is 0 Å². The third-order valence-electron chi connectivity index (χ3n) is 1.81. The summed E-state index contributed by atoms with van der Waals surface area (Å²) in [6.07, 6.45) is 0. The van der Waals surface area contributed by atoms with Crippen LogP contribution in [0.15, 0.2) is 12.1 Å². The Hall–Kier alpha value is -1.22. The summed E-state index contributed by atoms with van der Waals surface area (Å²) in [5.41, 5.74) is 6.93. The largest absolute Gasteiger partial charge is 0.507 e. The maximum Gasteiger partial charge on any atom is 0.123 e. The predicted molar refractivity (Wildman–Crippen MR) is 47.3 cm³/mol. The van der Waals surface area contributed by atoms with E-state index in [1.165, 1.54) is 0 Å². The number of nitrogens with two attached hydrogens (primary N) is 1. The second-order valence-corrected chi connectivity index (χ2v) is 2.66. The van der Waals surface area contributed by atoms with E-state index in [0.29, 0.717) is 12.1 Å². The van der Waals surface area contributed by atoms with Crippen LogP contribution < -0.4 is 10.5 Å². The molecule has 12 heavy (non-hydrogen) atoms. The fourth-order valence-corrected chi connectivity index (χ4v) is 1.09. The van der Waals surface area contributed by atoms with Crippen molar-refractivity contribution in [3.63, 3.8) is 0 Å². The van der Waals surface area contributed by atoms with Crippen molar-refractivity contribution >= 4 is 0 Å². The van der Waals surface area contributed by atoms with E-state index in [9.17, 15) is 5.11 Å². The van der Waals surface area contributed by atoms with E-state index in [0.717, 1.165) is 11.3 Å².